The van der Waals surface area contributed by atoms with Crippen molar-refractivity contribution in [1.82, 2.24) is 19.9 Å². The summed E-state index contributed by atoms with van der Waals surface area (Å²) in [7, 11) is 1.44. The first-order chi connectivity index (χ1) is 13.7. The van der Waals surface area contributed by atoms with E-state index in [9.17, 15) is 9.90 Å². The molecule has 2 N–H and O–H groups in total. The van der Waals surface area contributed by atoms with Crippen LogP contribution in [0.1, 0.15) is 15.9 Å². The number of pyridine rings is 1. The Bertz CT molecular complexity index is 1150. The lowest BCUT2D eigenvalue weighted by molar-refractivity contribution is 0.0947. The molecule has 140 valence electrons. The molecule has 0 radical (unpaired) electrons. The van der Waals surface area contributed by atoms with Crippen LogP contribution >= 0.6 is 0 Å². The average molecular weight is 374 g/mol. The molecule has 0 aliphatic heterocycles. The minimum atomic E-state index is -0.401. The van der Waals surface area contributed by atoms with Crippen molar-refractivity contribution in [3.05, 3.63) is 78.2 Å². The summed E-state index contributed by atoms with van der Waals surface area (Å²) < 4.78 is 6.95. The fourth-order valence-electron chi connectivity index (χ4n) is 3.05. The molecule has 28 heavy (non-hydrogen) atoms. The SMILES string of the molecule is COc1cccc(C(=O)NCc2cccnc2-n2cnc3ccccc32)c1O. The Kier molecular flexibility index (Phi) is 4.63. The maximum absolute atomic E-state index is 12.6. The number of hydrogen-bond acceptors (Lipinski definition) is 5. The van der Waals surface area contributed by atoms with E-state index in [0.717, 1.165) is 16.6 Å². The minimum absolute atomic E-state index is 0.151. The second-order valence-electron chi connectivity index (χ2n) is 6.13. The third-order valence-electron chi connectivity index (χ3n) is 4.45. The second kappa shape index (κ2) is 7.40. The van der Waals surface area contributed by atoms with Crippen molar-refractivity contribution < 1.29 is 14.6 Å². The monoisotopic (exact) mass is 374 g/mol. The molecule has 7 heteroatoms. The smallest absolute Gasteiger partial charge is 0.255 e. The fraction of sp³-hybridized carbons (Fsp3) is 0.0952. The molecule has 0 aliphatic rings. The maximum Gasteiger partial charge on any atom is 0.255 e. The van der Waals surface area contributed by atoms with Crippen LogP contribution in [-0.2, 0) is 6.54 Å². The molecule has 0 spiro atoms. The number of hydrogen-bond donors (Lipinski definition) is 2. The summed E-state index contributed by atoms with van der Waals surface area (Å²) >= 11 is 0. The Morgan fingerprint density at radius 2 is 1.96 bits per heavy atom. The Morgan fingerprint density at radius 3 is 2.82 bits per heavy atom. The average Bonchev–Trinajstić information content (AvgIpc) is 3.16. The van der Waals surface area contributed by atoms with Crippen LogP contribution in [0.3, 0.4) is 0 Å². The van der Waals surface area contributed by atoms with E-state index >= 15 is 0 Å². The van der Waals surface area contributed by atoms with Gasteiger partial charge in [0.15, 0.2) is 11.5 Å². The molecule has 0 bridgehead atoms. The van der Waals surface area contributed by atoms with Gasteiger partial charge in [0, 0.05) is 18.3 Å². The van der Waals surface area contributed by atoms with Crippen molar-refractivity contribution in [2.24, 2.45) is 0 Å². The standard InChI is InChI=1S/C21H18N4O3/c1-28-18-10-4-7-15(19(18)26)21(27)23-12-14-6-5-11-22-20(14)25-13-24-16-8-2-3-9-17(16)25/h2-11,13,26H,12H2,1H3,(H,23,27). The quantitative estimate of drug-likeness (QED) is 0.560. The van der Waals surface area contributed by atoms with Crippen LogP contribution in [0.4, 0.5) is 0 Å². The number of rotatable bonds is 5. The van der Waals surface area contributed by atoms with Gasteiger partial charge in [0.1, 0.15) is 12.1 Å². The van der Waals surface area contributed by atoms with Gasteiger partial charge in [0.25, 0.3) is 5.91 Å². The number of aromatic nitrogens is 3. The van der Waals surface area contributed by atoms with Crippen molar-refractivity contribution in [2.75, 3.05) is 7.11 Å². The minimum Gasteiger partial charge on any atom is -0.504 e. The lowest BCUT2D eigenvalue weighted by Gasteiger charge is -2.12. The Labute approximate surface area is 161 Å². The Hall–Kier alpha value is -3.87. The number of methoxy groups -OCH3 is 1. The molecular weight excluding hydrogens is 356 g/mol. The van der Waals surface area contributed by atoms with Crippen LogP contribution in [0.2, 0.25) is 0 Å². The van der Waals surface area contributed by atoms with Crippen LogP contribution in [0, 0.1) is 0 Å². The summed E-state index contributed by atoms with van der Waals surface area (Å²) in [5.74, 6) is 0.349. The van der Waals surface area contributed by atoms with E-state index in [0.29, 0.717) is 5.82 Å². The number of ether oxygens (including phenoxy) is 1. The van der Waals surface area contributed by atoms with Crippen LogP contribution < -0.4 is 10.1 Å². The van der Waals surface area contributed by atoms with Crippen LogP contribution in [-0.4, -0.2) is 32.7 Å². The van der Waals surface area contributed by atoms with Gasteiger partial charge in [-0.25, -0.2) is 9.97 Å². The van der Waals surface area contributed by atoms with E-state index in [2.05, 4.69) is 15.3 Å². The van der Waals surface area contributed by atoms with Crippen molar-refractivity contribution in [1.29, 1.82) is 0 Å². The van der Waals surface area contributed by atoms with E-state index in [4.69, 9.17) is 4.74 Å². The number of carbonyl (C=O) groups excluding carboxylic acids is 1. The Balaban J connectivity index is 1.61. The zero-order valence-electron chi connectivity index (χ0n) is 15.2. The molecule has 0 saturated carbocycles. The molecule has 0 fully saturated rings. The molecule has 2 aromatic carbocycles. The van der Waals surface area contributed by atoms with Gasteiger partial charge in [-0.1, -0.05) is 24.3 Å². The summed E-state index contributed by atoms with van der Waals surface area (Å²) in [6.07, 6.45) is 3.41. The lowest BCUT2D eigenvalue weighted by atomic mass is 10.1. The van der Waals surface area contributed by atoms with Crippen LogP contribution in [0.5, 0.6) is 11.5 Å². The van der Waals surface area contributed by atoms with E-state index in [-0.39, 0.29) is 23.6 Å². The lowest BCUT2D eigenvalue weighted by Crippen LogP contribution is -2.24. The third kappa shape index (κ3) is 3.14. The number of carbonyl (C=O) groups is 1. The van der Waals surface area contributed by atoms with Crippen LogP contribution in [0.15, 0.2) is 67.1 Å². The summed E-state index contributed by atoms with van der Waals surface area (Å²) in [5, 5.41) is 13.0. The van der Waals surface area contributed by atoms with Gasteiger partial charge < -0.3 is 15.2 Å². The first-order valence-electron chi connectivity index (χ1n) is 8.69. The van der Waals surface area contributed by atoms with Gasteiger partial charge in [-0.2, -0.15) is 0 Å². The van der Waals surface area contributed by atoms with Gasteiger partial charge in [0.2, 0.25) is 0 Å². The zero-order chi connectivity index (χ0) is 19.5. The summed E-state index contributed by atoms with van der Waals surface area (Å²) in [5.41, 5.74) is 2.77. The highest BCUT2D eigenvalue weighted by Gasteiger charge is 2.16. The molecule has 4 rings (SSSR count). The molecule has 0 saturated heterocycles. The molecule has 0 aliphatic carbocycles. The van der Waals surface area contributed by atoms with E-state index in [1.54, 1.807) is 30.7 Å². The van der Waals surface area contributed by atoms with Gasteiger partial charge in [-0.15, -0.1) is 0 Å². The first-order valence-corrected chi connectivity index (χ1v) is 8.69. The zero-order valence-corrected chi connectivity index (χ0v) is 15.2. The number of benzene rings is 2. The summed E-state index contributed by atoms with van der Waals surface area (Å²) in [6, 6.07) is 16.3. The first kappa shape index (κ1) is 17.5. The van der Waals surface area contributed by atoms with Crippen LogP contribution in [0.25, 0.3) is 16.9 Å². The van der Waals surface area contributed by atoms with Crippen molar-refractivity contribution >= 4 is 16.9 Å². The predicted molar refractivity (Wildman–Crippen MR) is 105 cm³/mol. The largest absolute Gasteiger partial charge is 0.504 e. The molecule has 1 amide bonds. The summed E-state index contributed by atoms with van der Waals surface area (Å²) in [6.45, 7) is 0.241. The highest BCUT2D eigenvalue weighted by molar-refractivity contribution is 5.97. The third-order valence-corrected chi connectivity index (χ3v) is 4.45. The molecule has 0 atom stereocenters. The van der Waals surface area contributed by atoms with Gasteiger partial charge >= 0.3 is 0 Å². The highest BCUT2D eigenvalue weighted by atomic mass is 16.5. The van der Waals surface area contributed by atoms with Crippen molar-refractivity contribution in [3.63, 3.8) is 0 Å². The number of fused-ring (bicyclic) bond motifs is 1. The normalized spacial score (nSPS) is 10.8. The van der Waals surface area contributed by atoms with E-state index < -0.39 is 5.91 Å². The number of aromatic hydroxyl groups is 1. The number of phenols is 1. The van der Waals surface area contributed by atoms with Gasteiger partial charge in [-0.3, -0.25) is 9.36 Å². The maximum atomic E-state index is 12.6. The van der Waals surface area contributed by atoms with Crippen molar-refractivity contribution in [3.8, 4) is 17.3 Å². The second-order valence-corrected chi connectivity index (χ2v) is 6.13. The molecular formula is C21H18N4O3. The number of amides is 1. The molecule has 2 heterocycles. The number of imidazole rings is 1. The summed E-state index contributed by atoms with van der Waals surface area (Å²) in [4.78, 5) is 21.4. The number of phenolic OH excluding ortho intramolecular Hbond substituents is 1. The number of nitrogens with one attached hydrogen (secondary N) is 1. The number of nitrogens with zero attached hydrogens (tertiary/aromatic N) is 3. The highest BCUT2D eigenvalue weighted by Crippen LogP contribution is 2.29. The van der Waals surface area contributed by atoms with E-state index in [1.807, 2.05) is 41.0 Å². The molecule has 2 aromatic heterocycles. The topological polar surface area (TPSA) is 89.3 Å². The van der Waals surface area contributed by atoms with Gasteiger partial charge in [0.05, 0.1) is 23.7 Å². The number of para-hydroxylation sites is 3. The molecule has 4 aromatic rings. The fourth-order valence-corrected chi connectivity index (χ4v) is 3.05. The predicted octanol–water partition coefficient (Wildman–Crippen LogP) is 3.06. The Morgan fingerprint density at radius 1 is 1.11 bits per heavy atom. The molecule has 7 nitrogen and oxygen atoms in total. The van der Waals surface area contributed by atoms with E-state index in [1.165, 1.54) is 7.11 Å². The molecule has 0 unspecified atom stereocenters. The van der Waals surface area contributed by atoms with Gasteiger partial charge in [-0.05, 0) is 30.3 Å². The van der Waals surface area contributed by atoms with Crippen molar-refractivity contribution in [2.45, 2.75) is 6.54 Å².